The number of carboxylic acids is 1. The van der Waals surface area contributed by atoms with Crippen molar-refractivity contribution in [2.24, 2.45) is 10.9 Å². The molecule has 2 aliphatic heterocycles. The fourth-order valence-electron chi connectivity index (χ4n) is 5.30. The number of aromatic nitrogens is 1. The molecule has 3 heterocycles. The van der Waals surface area contributed by atoms with Gasteiger partial charge in [0, 0.05) is 40.7 Å². The van der Waals surface area contributed by atoms with Crippen LogP contribution in [0.15, 0.2) is 76.6 Å². The number of benzene rings is 2. The Morgan fingerprint density at radius 2 is 1.80 bits per heavy atom. The predicted molar refractivity (Wildman–Crippen MR) is 154 cm³/mol. The highest BCUT2D eigenvalue weighted by Crippen LogP contribution is 2.46. The number of nitrogens with one attached hydrogen (secondary N) is 3. The van der Waals surface area contributed by atoms with E-state index in [2.05, 4.69) is 20.6 Å². The van der Waals surface area contributed by atoms with Crippen LogP contribution in [0.5, 0.6) is 11.5 Å². The summed E-state index contributed by atoms with van der Waals surface area (Å²) >= 11 is 0. The summed E-state index contributed by atoms with van der Waals surface area (Å²) in [4.78, 5) is 46.4. The molecule has 5 rings (SSSR count). The van der Waals surface area contributed by atoms with E-state index < -0.39 is 17.8 Å². The number of Topliss-reactive ketones (excluding diaryl/α,β-unsaturated/α-hetero) is 1. The van der Waals surface area contributed by atoms with Crippen LogP contribution in [0.25, 0.3) is 17.3 Å². The van der Waals surface area contributed by atoms with Gasteiger partial charge in [-0.15, -0.1) is 0 Å². The Hall–Kier alpha value is -5.12. The second-order valence-electron chi connectivity index (χ2n) is 9.69. The van der Waals surface area contributed by atoms with E-state index in [-0.39, 0.29) is 23.0 Å². The number of amides is 1. The molecule has 0 saturated heterocycles. The van der Waals surface area contributed by atoms with Gasteiger partial charge in [0.15, 0.2) is 5.78 Å². The van der Waals surface area contributed by atoms with E-state index in [1.807, 2.05) is 19.1 Å². The van der Waals surface area contributed by atoms with E-state index in [0.29, 0.717) is 46.4 Å². The number of fused-ring (bicyclic) bond motifs is 1. The van der Waals surface area contributed by atoms with Crippen molar-refractivity contribution in [1.82, 2.24) is 15.6 Å². The molecule has 2 aliphatic rings. The minimum Gasteiger partial charge on any atom is -0.497 e. The van der Waals surface area contributed by atoms with Crippen LogP contribution in [-0.2, 0) is 9.59 Å². The van der Waals surface area contributed by atoms with Crippen molar-refractivity contribution in [3.8, 4) is 22.8 Å². The first-order valence-electron chi connectivity index (χ1n) is 13.1. The summed E-state index contributed by atoms with van der Waals surface area (Å²) in [6.45, 7) is 4.06. The zero-order valence-corrected chi connectivity index (χ0v) is 23.1. The normalized spacial score (nSPS) is 19.0. The Balaban J connectivity index is 1.54. The van der Waals surface area contributed by atoms with Gasteiger partial charge in [-0.1, -0.05) is 12.1 Å². The van der Waals surface area contributed by atoms with Gasteiger partial charge < -0.3 is 30.2 Å². The van der Waals surface area contributed by atoms with E-state index in [0.717, 1.165) is 11.3 Å². The monoisotopic (exact) mass is 554 g/mol. The largest absolute Gasteiger partial charge is 0.497 e. The Morgan fingerprint density at radius 1 is 1.05 bits per heavy atom. The molecular weight excluding hydrogens is 524 g/mol. The Kier molecular flexibility index (Phi) is 7.47. The average Bonchev–Trinajstić information content (AvgIpc) is 3.56. The lowest BCUT2D eigenvalue weighted by Crippen LogP contribution is -2.44. The summed E-state index contributed by atoms with van der Waals surface area (Å²) < 4.78 is 11.1. The number of nitrogens with zero attached hydrogens (tertiary/aromatic N) is 1. The molecule has 0 aliphatic carbocycles. The molecule has 2 atom stereocenters. The standard InChI is InChI=1S/C31H30N4O6/c1-5-32-30(37)25-16(2)33-29-27(26(25)21-15-20(40-3)11-13-24(21)41-4)28(36)23(35-29)14-19-10-12-22(34-19)17-6-8-18(9-7-17)31(38)39/h6-15,26-27,34H,5H2,1-4H3,(H,32,37)(H,33,35)(H,38,39)/b23-14-. The van der Waals surface area contributed by atoms with Crippen LogP contribution in [0.4, 0.5) is 0 Å². The lowest BCUT2D eigenvalue weighted by molar-refractivity contribution is -0.118. The van der Waals surface area contributed by atoms with Crippen LogP contribution in [0.2, 0.25) is 0 Å². The van der Waals surface area contributed by atoms with Gasteiger partial charge >= 0.3 is 5.97 Å². The number of aromatic carboxylic acids is 1. The molecule has 0 spiro atoms. The molecule has 4 N–H and O–H groups in total. The second kappa shape index (κ2) is 11.2. The van der Waals surface area contributed by atoms with Crippen molar-refractivity contribution in [3.63, 3.8) is 0 Å². The lowest BCUT2D eigenvalue weighted by atomic mass is 9.74. The minimum absolute atomic E-state index is 0.197. The molecule has 2 aromatic carbocycles. The highest BCUT2D eigenvalue weighted by Gasteiger charge is 2.48. The van der Waals surface area contributed by atoms with Crippen molar-refractivity contribution >= 4 is 29.6 Å². The number of rotatable bonds is 8. The maximum absolute atomic E-state index is 14.0. The van der Waals surface area contributed by atoms with Crippen LogP contribution in [0.1, 0.15) is 41.4 Å². The number of allylic oxidation sites excluding steroid dienone is 2. The number of carbonyl (C=O) groups excluding carboxylic acids is 2. The number of methoxy groups -OCH3 is 2. The van der Waals surface area contributed by atoms with E-state index in [1.165, 1.54) is 12.1 Å². The number of carbonyl (C=O) groups is 3. The van der Waals surface area contributed by atoms with Crippen LogP contribution < -0.4 is 20.1 Å². The van der Waals surface area contributed by atoms with Gasteiger partial charge in [-0.25, -0.2) is 9.79 Å². The number of ketones is 1. The van der Waals surface area contributed by atoms with Gasteiger partial charge in [0.1, 0.15) is 23.0 Å². The van der Waals surface area contributed by atoms with E-state index in [9.17, 15) is 14.4 Å². The van der Waals surface area contributed by atoms with E-state index >= 15 is 0 Å². The van der Waals surface area contributed by atoms with Crippen molar-refractivity contribution in [1.29, 1.82) is 0 Å². The van der Waals surface area contributed by atoms with Crippen molar-refractivity contribution in [2.45, 2.75) is 19.8 Å². The Bertz CT molecular complexity index is 1630. The smallest absolute Gasteiger partial charge is 0.335 e. The number of carboxylic acid groups (broad SMARTS) is 1. The van der Waals surface area contributed by atoms with Crippen LogP contribution >= 0.6 is 0 Å². The summed E-state index contributed by atoms with van der Waals surface area (Å²) in [6, 6.07) is 15.5. The molecular formula is C31H30N4O6. The van der Waals surface area contributed by atoms with Gasteiger partial charge in [0.2, 0.25) is 5.91 Å². The molecule has 2 unspecified atom stereocenters. The molecule has 3 aromatic rings. The predicted octanol–water partition coefficient (Wildman–Crippen LogP) is 4.13. The van der Waals surface area contributed by atoms with Crippen molar-refractivity contribution in [3.05, 3.63) is 88.4 Å². The quantitative estimate of drug-likeness (QED) is 0.307. The van der Waals surface area contributed by atoms with E-state index in [4.69, 9.17) is 14.6 Å². The number of H-pyrrole nitrogens is 1. The van der Waals surface area contributed by atoms with Crippen molar-refractivity contribution in [2.75, 3.05) is 20.8 Å². The number of aromatic amines is 1. The molecule has 210 valence electrons. The molecule has 0 bridgehead atoms. The molecule has 10 heteroatoms. The van der Waals surface area contributed by atoms with Gasteiger partial charge in [-0.3, -0.25) is 9.59 Å². The molecule has 41 heavy (non-hydrogen) atoms. The third kappa shape index (κ3) is 5.11. The Labute approximate surface area is 236 Å². The number of hydrogen-bond acceptors (Lipinski definition) is 7. The van der Waals surface area contributed by atoms with Crippen molar-refractivity contribution < 1.29 is 29.0 Å². The van der Waals surface area contributed by atoms with E-state index in [1.54, 1.807) is 57.6 Å². The third-order valence-corrected chi connectivity index (χ3v) is 7.23. The van der Waals surface area contributed by atoms with Gasteiger partial charge in [0.05, 0.1) is 25.7 Å². The first-order chi connectivity index (χ1) is 19.7. The van der Waals surface area contributed by atoms with Gasteiger partial charge in [-0.05, 0) is 68.0 Å². The van der Waals surface area contributed by atoms with Crippen LogP contribution in [0.3, 0.4) is 0 Å². The highest BCUT2D eigenvalue weighted by molar-refractivity contribution is 6.22. The zero-order chi connectivity index (χ0) is 29.3. The fourth-order valence-corrected chi connectivity index (χ4v) is 5.30. The average molecular weight is 555 g/mol. The lowest BCUT2D eigenvalue weighted by Gasteiger charge is -2.33. The zero-order valence-electron chi connectivity index (χ0n) is 23.1. The summed E-state index contributed by atoms with van der Waals surface area (Å²) in [7, 11) is 3.10. The van der Waals surface area contributed by atoms with Gasteiger partial charge in [-0.2, -0.15) is 0 Å². The maximum Gasteiger partial charge on any atom is 0.335 e. The third-order valence-electron chi connectivity index (χ3n) is 7.23. The summed E-state index contributed by atoms with van der Waals surface area (Å²) in [5.41, 5.74) is 4.33. The second-order valence-corrected chi connectivity index (χ2v) is 9.69. The number of hydrogen-bond donors (Lipinski definition) is 4. The first-order valence-corrected chi connectivity index (χ1v) is 13.1. The number of likely N-dealkylation sites (N-methyl/N-ethyl adjacent to an activating group) is 1. The molecule has 10 nitrogen and oxygen atoms in total. The Morgan fingerprint density at radius 3 is 2.46 bits per heavy atom. The molecule has 0 radical (unpaired) electrons. The number of amidine groups is 1. The summed E-state index contributed by atoms with van der Waals surface area (Å²) in [5, 5.41) is 15.2. The summed E-state index contributed by atoms with van der Waals surface area (Å²) in [6.07, 6.45) is 1.67. The molecule has 0 fully saturated rings. The van der Waals surface area contributed by atoms with Gasteiger partial charge in [0.25, 0.3) is 0 Å². The summed E-state index contributed by atoms with van der Waals surface area (Å²) in [5.74, 6) is -1.40. The topological polar surface area (TPSA) is 142 Å². The number of ether oxygens (including phenoxy) is 2. The SMILES string of the molecule is CCNC(=O)C1=C(C)NC2=N/C(=C\c3ccc(-c4ccc(C(=O)O)cc4)[nH]3)C(=O)C2C1c1cc(OC)ccc1OC. The number of aliphatic imine (C=N–C) groups is 1. The van der Waals surface area contributed by atoms with Crippen LogP contribution in [0, 0.1) is 5.92 Å². The van der Waals surface area contributed by atoms with Crippen LogP contribution in [-0.4, -0.2) is 54.4 Å². The molecule has 1 amide bonds. The highest BCUT2D eigenvalue weighted by atomic mass is 16.5. The minimum atomic E-state index is -0.993. The molecule has 1 aromatic heterocycles. The molecule has 0 saturated carbocycles. The first kappa shape index (κ1) is 27.4. The fraction of sp³-hybridized carbons (Fsp3) is 0.226. The maximum atomic E-state index is 14.0.